The molecule has 3 aromatic carbocycles. The Kier molecular flexibility index (Phi) is 7.82. The molecule has 2 amide bonds. The fraction of sp³-hybridized carbons (Fsp3) is 0.444. The number of carbonyl (C=O) groups excluding carboxylic acids is 2. The van der Waals surface area contributed by atoms with E-state index in [2.05, 4.69) is 22.3 Å². The number of anilines is 3. The van der Waals surface area contributed by atoms with Crippen LogP contribution in [0.2, 0.25) is 18.6 Å². The van der Waals surface area contributed by atoms with E-state index >= 15 is 4.11 Å². The van der Waals surface area contributed by atoms with Crippen molar-refractivity contribution in [2.75, 3.05) is 41.1 Å². The fourth-order valence-corrected chi connectivity index (χ4v) is 11.3. The highest BCUT2D eigenvalue weighted by Gasteiger charge is 2.66. The first-order valence-corrected chi connectivity index (χ1v) is 19.4. The molecule has 0 unspecified atom stereocenters. The number of para-hydroxylation sites is 2. The Morgan fingerprint density at radius 2 is 1.65 bits per heavy atom. The van der Waals surface area contributed by atoms with Gasteiger partial charge in [-0.1, -0.05) is 55.5 Å². The molecule has 0 saturated carbocycles. The van der Waals surface area contributed by atoms with Crippen LogP contribution >= 0.6 is 0 Å². The van der Waals surface area contributed by atoms with Gasteiger partial charge in [0.2, 0.25) is 8.41 Å². The second-order valence-corrected chi connectivity index (χ2v) is 17.6. The van der Waals surface area contributed by atoms with Gasteiger partial charge < -0.3 is 29.1 Å². The number of amides is 2. The number of hydrogen-bond acceptors (Lipinski definition) is 6. The van der Waals surface area contributed by atoms with E-state index in [0.717, 1.165) is 54.1 Å². The van der Waals surface area contributed by atoms with Gasteiger partial charge in [-0.3, -0.25) is 14.5 Å². The zero-order valence-electron chi connectivity index (χ0n) is 26.8. The van der Waals surface area contributed by atoms with Crippen LogP contribution in [0.4, 0.5) is 21.2 Å². The molecule has 3 saturated heterocycles. The number of nitrogens with zero attached hydrogens (tertiary/aromatic N) is 3. The first-order valence-electron chi connectivity index (χ1n) is 16.5. The third-order valence-corrected chi connectivity index (χ3v) is 13.2. The molecule has 0 aromatic heterocycles. The minimum Gasteiger partial charge on any atom is -0.396 e. The molecule has 3 aromatic rings. The molecule has 4 heterocycles. The van der Waals surface area contributed by atoms with Crippen LogP contribution < -0.4 is 20.0 Å². The number of carbonyl (C=O) groups is 2. The summed E-state index contributed by atoms with van der Waals surface area (Å²) >= 11 is 0. The minimum atomic E-state index is -3.26. The topological polar surface area (TPSA) is 85.3 Å². The average Bonchev–Trinajstić information content (AvgIpc) is 3.60. The van der Waals surface area contributed by atoms with Crippen molar-refractivity contribution >= 4 is 37.3 Å². The number of aliphatic hydroxyl groups is 1. The largest absolute Gasteiger partial charge is 0.396 e. The van der Waals surface area contributed by atoms with Crippen molar-refractivity contribution in [2.24, 2.45) is 5.92 Å². The molecule has 7 rings (SSSR count). The van der Waals surface area contributed by atoms with Crippen LogP contribution in [-0.2, 0) is 26.5 Å². The number of halogens is 1. The first kappa shape index (κ1) is 31.0. The predicted molar refractivity (Wildman–Crippen MR) is 180 cm³/mol. The number of ether oxygens (including phenoxy) is 1. The maximum atomic E-state index is 15.8. The number of aliphatic hydroxyl groups excluding tert-OH is 1. The summed E-state index contributed by atoms with van der Waals surface area (Å²) in [5.74, 6) is -0.492. The van der Waals surface area contributed by atoms with Gasteiger partial charge in [0.1, 0.15) is 5.54 Å². The van der Waals surface area contributed by atoms with E-state index in [9.17, 15) is 14.7 Å². The number of hydrogen-bond donors (Lipinski definition) is 2. The average molecular weight is 643 g/mol. The first-order chi connectivity index (χ1) is 22.1. The standard InChI is InChI=1S/C36H43FN4O4Si/c1-25-32(46(2,3)37)31(16-21-42)45-36(25)29-14-7-8-15-30(29)39(34(36)44)23-26-10-9-13-28(22-26)40-24-41(27-11-5-4-6-12-27)35(33(40)43)17-19-38-20-18-35/h4-15,22,25,31-32,38,42H,16-21,23-24H2,1-3H3/t25-,31+,32-,36+/m1/s1. The second-order valence-electron chi connectivity index (χ2n) is 13.8. The molecule has 4 atom stereocenters. The molecule has 4 aliphatic rings. The zero-order valence-corrected chi connectivity index (χ0v) is 27.8. The van der Waals surface area contributed by atoms with Gasteiger partial charge in [-0.2, -0.15) is 0 Å². The van der Waals surface area contributed by atoms with Crippen LogP contribution in [0.25, 0.3) is 0 Å². The van der Waals surface area contributed by atoms with E-state index in [1.54, 1.807) is 18.0 Å². The highest BCUT2D eigenvalue weighted by molar-refractivity contribution is 6.72. The summed E-state index contributed by atoms with van der Waals surface area (Å²) in [5.41, 5.74) is 1.88. The molecule has 8 nitrogen and oxygen atoms in total. The summed E-state index contributed by atoms with van der Waals surface area (Å²) in [6, 6.07) is 25.7. The van der Waals surface area contributed by atoms with Crippen molar-refractivity contribution in [3.05, 3.63) is 90.0 Å². The van der Waals surface area contributed by atoms with E-state index in [1.807, 2.05) is 78.6 Å². The normalized spacial score (nSPS) is 27.3. The van der Waals surface area contributed by atoms with E-state index in [1.165, 1.54) is 0 Å². The van der Waals surface area contributed by atoms with Crippen LogP contribution in [0.5, 0.6) is 0 Å². The van der Waals surface area contributed by atoms with E-state index in [0.29, 0.717) is 6.67 Å². The molecular weight excluding hydrogens is 600 g/mol. The third kappa shape index (κ3) is 4.72. The van der Waals surface area contributed by atoms with Crippen LogP contribution in [0.3, 0.4) is 0 Å². The lowest BCUT2D eigenvalue weighted by Crippen LogP contribution is -2.55. The summed E-state index contributed by atoms with van der Waals surface area (Å²) in [4.78, 5) is 34.7. The van der Waals surface area contributed by atoms with Crippen molar-refractivity contribution in [3.63, 3.8) is 0 Å². The molecular formula is C36H43FN4O4Si. The molecule has 46 heavy (non-hydrogen) atoms. The van der Waals surface area contributed by atoms with Gasteiger partial charge >= 0.3 is 0 Å². The van der Waals surface area contributed by atoms with Crippen molar-refractivity contribution in [2.45, 2.75) is 68.6 Å². The second kappa shape index (κ2) is 11.6. The summed E-state index contributed by atoms with van der Waals surface area (Å²) in [5, 5.41) is 13.2. The summed E-state index contributed by atoms with van der Waals surface area (Å²) in [6.45, 7) is 7.44. The van der Waals surface area contributed by atoms with Gasteiger partial charge in [-0.25, -0.2) is 0 Å². The minimum absolute atomic E-state index is 0.101. The Labute approximate surface area is 271 Å². The van der Waals surface area contributed by atoms with Crippen molar-refractivity contribution in [1.82, 2.24) is 5.32 Å². The van der Waals surface area contributed by atoms with Crippen molar-refractivity contribution in [1.29, 1.82) is 0 Å². The van der Waals surface area contributed by atoms with E-state index in [-0.39, 0.29) is 31.4 Å². The SMILES string of the molecule is C[C@@H]1[C@@H]([Si](C)(C)F)[C@H](CCO)O[C@@]12C(=O)N(Cc1cccc(N3CN(c4ccccc4)C4(CCNCC4)C3=O)c1)c1ccccc12. The number of rotatable bonds is 7. The lowest BCUT2D eigenvalue weighted by Gasteiger charge is -2.39. The maximum Gasteiger partial charge on any atom is 0.264 e. The number of nitrogens with one attached hydrogen (secondary N) is 1. The quantitative estimate of drug-likeness (QED) is 0.268. The van der Waals surface area contributed by atoms with Crippen LogP contribution in [0, 0.1) is 5.92 Å². The third-order valence-electron chi connectivity index (χ3n) is 10.8. The van der Waals surface area contributed by atoms with Gasteiger partial charge in [-0.05, 0) is 81.3 Å². The molecule has 2 spiro atoms. The lowest BCUT2D eigenvalue weighted by molar-refractivity contribution is -0.146. The Bertz CT molecular complexity index is 1630. The summed E-state index contributed by atoms with van der Waals surface area (Å²) < 4.78 is 22.4. The number of piperidine rings is 1. The van der Waals surface area contributed by atoms with Gasteiger partial charge in [0.25, 0.3) is 11.8 Å². The Balaban J connectivity index is 1.21. The highest BCUT2D eigenvalue weighted by Crippen LogP contribution is 2.60. The molecule has 3 fully saturated rings. The molecule has 2 N–H and O–H groups in total. The lowest BCUT2D eigenvalue weighted by atomic mass is 9.82. The van der Waals surface area contributed by atoms with E-state index < -0.39 is 37.1 Å². The van der Waals surface area contributed by atoms with Crippen LogP contribution in [-0.4, -0.2) is 63.3 Å². The van der Waals surface area contributed by atoms with Crippen molar-refractivity contribution < 1.29 is 23.5 Å². The smallest absolute Gasteiger partial charge is 0.264 e. The Morgan fingerprint density at radius 1 is 0.957 bits per heavy atom. The highest BCUT2D eigenvalue weighted by atomic mass is 28.4. The predicted octanol–water partition coefficient (Wildman–Crippen LogP) is 5.32. The van der Waals surface area contributed by atoms with Crippen LogP contribution in [0.15, 0.2) is 78.9 Å². The zero-order chi connectivity index (χ0) is 32.3. The van der Waals surface area contributed by atoms with Gasteiger partial charge in [0.05, 0.1) is 25.0 Å². The molecule has 0 aliphatic carbocycles. The molecule has 242 valence electrons. The van der Waals surface area contributed by atoms with Gasteiger partial charge in [0.15, 0.2) is 5.60 Å². The molecule has 10 heteroatoms. The van der Waals surface area contributed by atoms with Crippen molar-refractivity contribution in [3.8, 4) is 0 Å². The summed E-state index contributed by atoms with van der Waals surface area (Å²) in [7, 11) is -3.26. The molecule has 0 radical (unpaired) electrons. The number of benzene rings is 3. The van der Waals surface area contributed by atoms with Crippen LogP contribution in [0.1, 0.15) is 37.3 Å². The molecule has 0 bridgehead atoms. The summed E-state index contributed by atoms with van der Waals surface area (Å²) in [6.07, 6.45) is 1.21. The Hall–Kier alpha value is -3.57. The monoisotopic (exact) mass is 642 g/mol. The Morgan fingerprint density at radius 3 is 2.37 bits per heavy atom. The molecule has 4 aliphatic heterocycles. The van der Waals surface area contributed by atoms with Gasteiger partial charge in [0, 0.05) is 35.0 Å². The maximum absolute atomic E-state index is 15.8. The number of fused-ring (bicyclic) bond motifs is 2. The fourth-order valence-electron chi connectivity index (χ4n) is 8.73. The van der Waals surface area contributed by atoms with Gasteiger partial charge in [-0.15, -0.1) is 0 Å². The van der Waals surface area contributed by atoms with E-state index in [4.69, 9.17) is 4.74 Å².